The molecule has 0 unspecified atom stereocenters. The Morgan fingerprint density at radius 2 is 1.27 bits per heavy atom. The minimum atomic E-state index is -1.76. The number of ether oxygens (including phenoxy) is 2. The topological polar surface area (TPSA) is 251 Å². The van der Waals surface area contributed by atoms with Crippen molar-refractivity contribution >= 4 is 46.2 Å². The summed E-state index contributed by atoms with van der Waals surface area (Å²) in [7, 11) is 0. The molecular weight excluding hydrogens is 803 g/mol. The van der Waals surface area contributed by atoms with Crippen molar-refractivity contribution in [2.45, 2.75) is 0 Å². The average Bonchev–Trinajstić information content (AvgIpc) is 3.00. The molecule has 52 heavy (non-hydrogen) atoms. The Bertz CT molecular complexity index is 1940. The molecule has 3 aromatic carbocycles. The Morgan fingerprint density at radius 3 is 1.83 bits per heavy atom. The van der Waals surface area contributed by atoms with Gasteiger partial charge in [0.1, 0.15) is 30.5 Å². The first-order valence-electron chi connectivity index (χ1n) is 13.6. The van der Waals surface area contributed by atoms with Gasteiger partial charge in [-0.25, -0.2) is 9.37 Å². The van der Waals surface area contributed by atoms with E-state index in [1.165, 1.54) is 12.1 Å². The van der Waals surface area contributed by atoms with E-state index in [1.54, 1.807) is 12.1 Å². The van der Waals surface area contributed by atoms with Crippen LogP contribution in [0, 0.1) is 11.6 Å². The van der Waals surface area contributed by atoms with Crippen LogP contribution in [0.25, 0.3) is 22.3 Å². The molecule has 0 aliphatic heterocycles. The Labute approximate surface area is 463 Å². The van der Waals surface area contributed by atoms with E-state index in [1.807, 2.05) is 0 Å². The molecule has 252 valence electrons. The van der Waals surface area contributed by atoms with Crippen molar-refractivity contribution in [3.63, 3.8) is 0 Å². The van der Waals surface area contributed by atoms with Crippen LogP contribution in [0.1, 0.15) is 0 Å². The number of halogens is 2. The molecule has 0 spiro atoms. The normalized spacial score (nSPS) is 9.96. The number of carbonyl (C=O) groups is 4. The number of hydrogen-bond acceptors (Lipinski definition) is 15. The molecule has 0 fully saturated rings. The number of aromatic amines is 1. The first-order valence-corrected chi connectivity index (χ1v) is 13.6. The van der Waals surface area contributed by atoms with E-state index in [4.69, 9.17) is 9.47 Å². The number of nitrogens with zero attached hydrogens (tertiary/aromatic N) is 3. The maximum absolute atomic E-state index is 14.8. The van der Waals surface area contributed by atoms with Crippen molar-refractivity contribution in [3.8, 4) is 28.6 Å². The molecule has 0 bridgehead atoms. The predicted octanol–water partition coefficient (Wildman–Crippen LogP) is -15.3. The number of carboxylic acid groups (broad SMARTS) is 4. The van der Waals surface area contributed by atoms with Crippen LogP contribution >= 0.6 is 0 Å². The van der Waals surface area contributed by atoms with E-state index in [0.29, 0.717) is 15.9 Å². The monoisotopic (exact) mass is 824 g/mol. The summed E-state index contributed by atoms with van der Waals surface area (Å²) in [5.74, 6) is -12.0. The molecule has 0 saturated heterocycles. The third-order valence-electron chi connectivity index (χ3n) is 6.52. The van der Waals surface area contributed by atoms with Crippen LogP contribution in [-0.2, 0) is 19.2 Å². The minimum Gasteiger partial charge on any atom is -0.548 e. The number of aliphatic carboxylic acids is 4. The molecule has 1 heterocycles. The third kappa shape index (κ3) is 14.5. The van der Waals surface area contributed by atoms with Gasteiger partial charge < -0.3 is 69.0 Å². The number of H-pyrrole nitrogens is 1. The number of carboxylic acids is 4. The SMILES string of the molecule is O=C([O-])CN(CC(=O)[O-])c1cc(O)c(-c2nc3ccccc3c(=O)[nH]2)cc1OCCOc1c(N(CC(=O)[O-])CC(=O)[O-])ccc(F)c1F.[K+].[K+].[K+].[K+]. The van der Waals surface area contributed by atoms with Crippen LogP contribution in [0.3, 0.4) is 0 Å². The first kappa shape index (κ1) is 52.1. The fourth-order valence-corrected chi connectivity index (χ4v) is 4.60. The van der Waals surface area contributed by atoms with E-state index in [0.717, 1.165) is 18.2 Å². The number of aromatic nitrogens is 2. The molecular formula is C30H22F2K4N4O12. The fraction of sp³-hybridized carbons (Fsp3) is 0.200. The maximum atomic E-state index is 14.8. The quantitative estimate of drug-likeness (QED) is 0.0787. The molecule has 0 saturated carbocycles. The Balaban J connectivity index is 0.00000650. The molecule has 0 aliphatic rings. The van der Waals surface area contributed by atoms with Crippen LogP contribution in [0.2, 0.25) is 0 Å². The minimum absolute atomic E-state index is 0. The summed E-state index contributed by atoms with van der Waals surface area (Å²) < 4.78 is 39.9. The van der Waals surface area contributed by atoms with E-state index < -0.39 is 97.7 Å². The molecule has 16 nitrogen and oxygen atoms in total. The second-order valence-corrected chi connectivity index (χ2v) is 9.88. The molecule has 4 rings (SSSR count). The van der Waals surface area contributed by atoms with Crippen molar-refractivity contribution in [3.05, 3.63) is 70.5 Å². The van der Waals surface area contributed by atoms with E-state index in [9.17, 15) is 58.3 Å². The Kier molecular flexibility index (Phi) is 24.7. The van der Waals surface area contributed by atoms with Crippen molar-refractivity contribution < 1.29 is 269 Å². The molecule has 1 aromatic heterocycles. The summed E-state index contributed by atoms with van der Waals surface area (Å²) >= 11 is 0. The van der Waals surface area contributed by atoms with E-state index in [-0.39, 0.29) is 239 Å². The van der Waals surface area contributed by atoms with Gasteiger partial charge in [0.05, 0.1) is 77.9 Å². The zero-order chi connectivity index (χ0) is 35.1. The van der Waals surface area contributed by atoms with E-state index in [2.05, 4.69) is 9.97 Å². The fourth-order valence-electron chi connectivity index (χ4n) is 4.60. The van der Waals surface area contributed by atoms with Gasteiger partial charge in [-0.3, -0.25) is 4.79 Å². The largest absolute Gasteiger partial charge is 1.00 e. The van der Waals surface area contributed by atoms with Crippen LogP contribution < -0.4 is 251 Å². The van der Waals surface area contributed by atoms with Crippen LogP contribution in [-0.4, -0.2) is 78.3 Å². The van der Waals surface area contributed by atoms with Gasteiger partial charge >= 0.3 is 206 Å². The van der Waals surface area contributed by atoms with Gasteiger partial charge in [-0.05, 0) is 30.3 Å². The summed E-state index contributed by atoms with van der Waals surface area (Å²) in [5.41, 5.74) is -1.30. The number of benzene rings is 3. The van der Waals surface area contributed by atoms with Gasteiger partial charge in [0.15, 0.2) is 11.6 Å². The Morgan fingerprint density at radius 1 is 0.750 bits per heavy atom. The summed E-state index contributed by atoms with van der Waals surface area (Å²) in [5, 5.41) is 56.3. The van der Waals surface area contributed by atoms with Gasteiger partial charge in [-0.1, -0.05) is 12.1 Å². The maximum Gasteiger partial charge on any atom is 1.00 e. The van der Waals surface area contributed by atoms with Gasteiger partial charge in [0.25, 0.3) is 5.56 Å². The number of para-hydroxylation sites is 1. The number of rotatable bonds is 16. The number of phenolic OH excluding ortho intramolecular Hbond substituents is 1. The standard InChI is InChI=1S/C30H26F2N4O12.4K/c31-17-5-6-19(35(11-23(38)39)12-24(40)41)28(27(17)32)48-8-7-47-22-9-16(29-33-18-4-2-1-3-15(18)30(46)34-29)21(37)10-20(22)36(13-25(42)43)14-26(44)45;;;;/h1-6,9-10,37H,7-8,11-14H2,(H,38,39)(H,40,41)(H,42,43)(H,44,45)(H,33,34,46);;;;/q;4*+1/p-4. The molecule has 0 aliphatic carbocycles. The zero-order valence-corrected chi connectivity index (χ0v) is 40.9. The van der Waals surface area contributed by atoms with Crippen LogP contribution in [0.4, 0.5) is 20.2 Å². The van der Waals surface area contributed by atoms with Gasteiger partial charge in [-0.15, -0.1) is 0 Å². The second-order valence-electron chi connectivity index (χ2n) is 9.88. The molecule has 2 N–H and O–H groups in total. The summed E-state index contributed by atoms with van der Waals surface area (Å²) in [6.07, 6.45) is 0. The molecule has 22 heteroatoms. The van der Waals surface area contributed by atoms with E-state index >= 15 is 0 Å². The number of fused-ring (bicyclic) bond motifs is 1. The molecule has 0 amide bonds. The molecule has 0 atom stereocenters. The number of carbonyl (C=O) groups excluding carboxylic acids is 4. The van der Waals surface area contributed by atoms with Crippen molar-refractivity contribution in [2.75, 3.05) is 49.2 Å². The number of hydrogen-bond donors (Lipinski definition) is 2. The van der Waals surface area contributed by atoms with Gasteiger partial charge in [0, 0.05) is 6.07 Å². The summed E-state index contributed by atoms with van der Waals surface area (Å²) in [4.78, 5) is 66.0. The van der Waals surface area contributed by atoms with Crippen molar-refractivity contribution in [2.24, 2.45) is 0 Å². The van der Waals surface area contributed by atoms with Gasteiger partial charge in [0.2, 0.25) is 5.82 Å². The summed E-state index contributed by atoms with van der Waals surface area (Å²) in [6, 6.07) is 9.71. The number of anilines is 2. The second kappa shape index (κ2) is 24.7. The number of nitrogens with one attached hydrogen (secondary N) is 1. The smallest absolute Gasteiger partial charge is 0.548 e. The third-order valence-corrected chi connectivity index (χ3v) is 6.52. The molecule has 4 aromatic rings. The first-order chi connectivity index (χ1) is 22.7. The number of aromatic hydroxyl groups is 1. The molecule has 0 radical (unpaired) electrons. The Hall–Kier alpha value is 0.0855. The zero-order valence-electron chi connectivity index (χ0n) is 28.4. The van der Waals surface area contributed by atoms with Crippen molar-refractivity contribution in [1.29, 1.82) is 0 Å². The number of phenols is 1. The summed E-state index contributed by atoms with van der Waals surface area (Å²) in [6.45, 7) is -5.41. The predicted molar refractivity (Wildman–Crippen MR) is 151 cm³/mol. The van der Waals surface area contributed by atoms with Gasteiger partial charge in [-0.2, -0.15) is 4.39 Å². The average molecular weight is 825 g/mol. The van der Waals surface area contributed by atoms with Crippen LogP contribution in [0.15, 0.2) is 53.3 Å². The van der Waals surface area contributed by atoms with Crippen LogP contribution in [0.5, 0.6) is 17.2 Å². The van der Waals surface area contributed by atoms with Crippen molar-refractivity contribution in [1.82, 2.24) is 9.97 Å².